The van der Waals surface area contributed by atoms with E-state index in [0.717, 1.165) is 53.2 Å². The molecule has 0 atom stereocenters. The van der Waals surface area contributed by atoms with Crippen LogP contribution in [0.3, 0.4) is 0 Å². The van der Waals surface area contributed by atoms with E-state index in [1.54, 1.807) is 11.3 Å². The van der Waals surface area contributed by atoms with Gasteiger partial charge in [-0.05, 0) is 73.0 Å². The second kappa shape index (κ2) is 11.7. The van der Waals surface area contributed by atoms with Crippen molar-refractivity contribution in [2.75, 3.05) is 0 Å². The second-order valence-electron chi connectivity index (χ2n) is 12.0. The molecule has 1 heterocycles. The van der Waals surface area contributed by atoms with Crippen LogP contribution in [0.2, 0.25) is 0 Å². The highest BCUT2D eigenvalue weighted by atomic mass is 32.1. The molecule has 7 aromatic carbocycles. The number of phenolic OH excluding ortho intramolecular Hbond substituents is 2. The number of aryl methyl sites for hydroxylation is 1. The molecule has 0 radical (unpaired) electrons. The molecular weight excluding hydrogens is 609 g/mol. The summed E-state index contributed by atoms with van der Waals surface area (Å²) >= 11 is 1.61. The molecule has 0 amide bonds. The minimum Gasteiger partial charge on any atom is -0.507 e. The van der Waals surface area contributed by atoms with E-state index in [0.29, 0.717) is 11.5 Å². The molecule has 2 N–H and O–H groups in total. The lowest BCUT2D eigenvalue weighted by molar-refractivity contribution is 0.474. The summed E-state index contributed by atoms with van der Waals surface area (Å²) in [5.41, 5.74) is 2.50. The molecule has 0 fully saturated rings. The zero-order chi connectivity index (χ0) is 32.0. The third kappa shape index (κ3) is 4.68. The van der Waals surface area contributed by atoms with Crippen molar-refractivity contribution < 1.29 is 10.2 Å². The molecule has 0 spiro atoms. The molecule has 0 saturated carbocycles. The first-order chi connectivity index (χ1) is 23.1. The number of hydrogen-bond acceptors (Lipinski definition) is 3. The Labute approximate surface area is 279 Å². The fourth-order valence-corrected chi connectivity index (χ4v) is 13.2. The molecule has 226 valence electrons. The van der Waals surface area contributed by atoms with Crippen molar-refractivity contribution in [3.8, 4) is 32.4 Å². The molecule has 0 aliphatic rings. The fourth-order valence-electron chi connectivity index (χ4n) is 7.24. The zero-order valence-corrected chi connectivity index (χ0v) is 27.7. The van der Waals surface area contributed by atoms with Gasteiger partial charge in [0.05, 0.1) is 0 Å². The van der Waals surface area contributed by atoms with Crippen LogP contribution >= 0.6 is 11.3 Å². The molecule has 8 aromatic rings. The predicted octanol–water partition coefficient (Wildman–Crippen LogP) is 8.49. The minimum atomic E-state index is -3.02. The molecule has 1 aromatic heterocycles. The first-order valence-electron chi connectivity index (χ1n) is 15.8. The molecule has 0 unspecified atom stereocenters. The van der Waals surface area contributed by atoms with Crippen LogP contribution in [-0.2, 0) is 0 Å². The van der Waals surface area contributed by atoms with Gasteiger partial charge in [0.2, 0.25) is 0 Å². The van der Waals surface area contributed by atoms with E-state index in [2.05, 4.69) is 140 Å². The number of hydrogen-bond donors (Lipinski definition) is 2. The highest BCUT2D eigenvalue weighted by Gasteiger charge is 2.44. The fraction of sp³-hybridized carbons (Fsp3) is 0.0233. The average molecular weight is 641 g/mol. The van der Waals surface area contributed by atoms with Crippen LogP contribution in [-0.4, -0.2) is 18.3 Å². The van der Waals surface area contributed by atoms with Gasteiger partial charge in [0.25, 0.3) is 0 Å². The van der Waals surface area contributed by atoms with Crippen molar-refractivity contribution >= 4 is 61.7 Å². The van der Waals surface area contributed by atoms with E-state index in [1.807, 2.05) is 31.2 Å². The lowest BCUT2D eigenvalue weighted by Crippen LogP contribution is -2.74. The summed E-state index contributed by atoms with van der Waals surface area (Å²) in [4.78, 5) is 1.92. The van der Waals surface area contributed by atoms with Gasteiger partial charge in [-0.15, -0.1) is 11.3 Å². The maximum atomic E-state index is 12.8. The van der Waals surface area contributed by atoms with Gasteiger partial charge in [-0.1, -0.05) is 146 Å². The molecule has 4 heteroatoms. The van der Waals surface area contributed by atoms with Crippen molar-refractivity contribution in [3.63, 3.8) is 0 Å². The van der Waals surface area contributed by atoms with Crippen molar-refractivity contribution in [2.45, 2.75) is 6.92 Å². The quantitative estimate of drug-likeness (QED) is 0.141. The number of thiophene rings is 1. The molecule has 0 saturated heterocycles. The number of aromatic hydroxyl groups is 2. The van der Waals surface area contributed by atoms with Crippen LogP contribution < -0.4 is 20.7 Å². The third-order valence-corrected chi connectivity index (χ3v) is 15.3. The second-order valence-corrected chi connectivity index (χ2v) is 16.9. The zero-order valence-electron chi connectivity index (χ0n) is 25.9. The minimum absolute atomic E-state index is 0.295. The van der Waals surface area contributed by atoms with Gasteiger partial charge in [-0.2, -0.15) is 0 Å². The number of rotatable bonds is 6. The SMILES string of the molecule is Cc1cc2ccccc2c(-c2ccc(-c3c(O)c([Si](c4ccccc4)(c4ccccc4)c4ccccc4)cc4ccccc34)s2)c1O. The van der Waals surface area contributed by atoms with E-state index in [-0.39, 0.29) is 0 Å². The topological polar surface area (TPSA) is 40.5 Å². The van der Waals surface area contributed by atoms with E-state index in [1.165, 1.54) is 15.6 Å². The van der Waals surface area contributed by atoms with Gasteiger partial charge in [0.15, 0.2) is 8.07 Å². The van der Waals surface area contributed by atoms with Gasteiger partial charge in [-0.3, -0.25) is 0 Å². The molecule has 0 aliphatic heterocycles. The maximum absolute atomic E-state index is 12.8. The Hall–Kier alpha value is -5.42. The van der Waals surface area contributed by atoms with Gasteiger partial charge in [0.1, 0.15) is 11.5 Å². The third-order valence-electron chi connectivity index (χ3n) is 9.36. The van der Waals surface area contributed by atoms with E-state index >= 15 is 0 Å². The van der Waals surface area contributed by atoms with Gasteiger partial charge in [-0.25, -0.2) is 0 Å². The summed E-state index contributed by atoms with van der Waals surface area (Å²) < 4.78 is 0. The van der Waals surface area contributed by atoms with Crippen molar-refractivity contribution in [3.05, 3.63) is 169 Å². The van der Waals surface area contributed by atoms with Crippen molar-refractivity contribution in [1.82, 2.24) is 0 Å². The van der Waals surface area contributed by atoms with Crippen molar-refractivity contribution in [1.29, 1.82) is 0 Å². The number of phenols is 2. The summed E-state index contributed by atoms with van der Waals surface area (Å²) in [6, 6.07) is 57.1. The normalized spacial score (nSPS) is 11.7. The molecule has 0 aliphatic carbocycles. The molecule has 8 rings (SSSR count). The summed E-state index contributed by atoms with van der Waals surface area (Å²) in [5, 5.41) is 32.9. The van der Waals surface area contributed by atoms with Crippen LogP contribution in [0.4, 0.5) is 0 Å². The summed E-state index contributed by atoms with van der Waals surface area (Å²) in [6.45, 7) is 1.95. The van der Waals surface area contributed by atoms with Gasteiger partial charge >= 0.3 is 0 Å². The molecular formula is C43H32O2SSi. The first kappa shape index (κ1) is 29.0. The summed E-state index contributed by atoms with van der Waals surface area (Å²) in [5.74, 6) is 0.599. The average Bonchev–Trinajstić information content (AvgIpc) is 3.60. The summed E-state index contributed by atoms with van der Waals surface area (Å²) in [6.07, 6.45) is 0. The largest absolute Gasteiger partial charge is 0.507 e. The molecule has 0 bridgehead atoms. The molecule has 47 heavy (non-hydrogen) atoms. The number of fused-ring (bicyclic) bond motifs is 2. The van der Waals surface area contributed by atoms with Crippen LogP contribution in [0.25, 0.3) is 42.4 Å². The maximum Gasteiger partial charge on any atom is 0.184 e. The summed E-state index contributed by atoms with van der Waals surface area (Å²) in [7, 11) is -3.02. The Kier molecular flexibility index (Phi) is 7.25. The first-order valence-corrected chi connectivity index (χ1v) is 18.6. The predicted molar refractivity (Wildman–Crippen MR) is 202 cm³/mol. The van der Waals surface area contributed by atoms with Gasteiger partial charge in [0, 0.05) is 20.9 Å². The molecule has 2 nitrogen and oxygen atoms in total. The van der Waals surface area contributed by atoms with E-state index in [9.17, 15) is 10.2 Å². The Morgan fingerprint density at radius 1 is 0.447 bits per heavy atom. The number of benzene rings is 7. The van der Waals surface area contributed by atoms with E-state index < -0.39 is 8.07 Å². The van der Waals surface area contributed by atoms with Crippen LogP contribution in [0.1, 0.15) is 5.56 Å². The lowest BCUT2D eigenvalue weighted by atomic mass is 9.98. The standard InChI is InChI=1S/C43H32O2SSi/c1-29-27-30-15-11-13-23-35(30)40(42(29)44)37-25-26-38(46-37)41-36-24-14-12-16-31(36)28-39(43(41)45)47(32-17-5-2-6-18-32,33-19-7-3-8-20-33)34-21-9-4-10-22-34/h2-28,44-45H,1H3. The Bertz CT molecular complexity index is 2280. The monoisotopic (exact) mass is 640 g/mol. The Morgan fingerprint density at radius 2 is 0.851 bits per heavy atom. The van der Waals surface area contributed by atoms with Crippen LogP contribution in [0.5, 0.6) is 11.5 Å². The van der Waals surface area contributed by atoms with Crippen LogP contribution in [0.15, 0.2) is 164 Å². The smallest absolute Gasteiger partial charge is 0.184 e. The highest BCUT2D eigenvalue weighted by molar-refractivity contribution is 7.21. The Morgan fingerprint density at radius 3 is 1.34 bits per heavy atom. The van der Waals surface area contributed by atoms with Crippen LogP contribution in [0, 0.1) is 6.92 Å². The van der Waals surface area contributed by atoms with Gasteiger partial charge < -0.3 is 10.2 Å². The van der Waals surface area contributed by atoms with Crippen molar-refractivity contribution in [2.24, 2.45) is 0 Å². The lowest BCUT2D eigenvalue weighted by Gasteiger charge is -2.35. The Balaban J connectivity index is 1.46. The highest BCUT2D eigenvalue weighted by Crippen LogP contribution is 2.46. The van der Waals surface area contributed by atoms with E-state index in [4.69, 9.17) is 0 Å².